The van der Waals surface area contributed by atoms with Crippen molar-refractivity contribution in [1.29, 1.82) is 0 Å². The van der Waals surface area contributed by atoms with E-state index in [1.165, 1.54) is 6.20 Å². The van der Waals surface area contributed by atoms with Crippen LogP contribution in [-0.4, -0.2) is 10.9 Å². The highest BCUT2D eigenvalue weighted by Gasteiger charge is 2.06. The first-order chi connectivity index (χ1) is 9.04. The van der Waals surface area contributed by atoms with Crippen molar-refractivity contribution >= 4 is 39.1 Å². The fourth-order valence-electron chi connectivity index (χ4n) is 1.70. The molecule has 0 aliphatic rings. The van der Waals surface area contributed by atoms with Crippen LogP contribution in [0.2, 0.25) is 5.15 Å². The van der Waals surface area contributed by atoms with Gasteiger partial charge in [-0.3, -0.25) is 4.79 Å². The van der Waals surface area contributed by atoms with Gasteiger partial charge in [-0.15, -0.1) is 0 Å². The number of benzene rings is 1. The lowest BCUT2D eigenvalue weighted by Crippen LogP contribution is -2.14. The molecule has 0 saturated heterocycles. The third-order valence-corrected chi connectivity index (χ3v) is 3.66. The van der Waals surface area contributed by atoms with Crippen LogP contribution in [0.5, 0.6) is 0 Å². The van der Waals surface area contributed by atoms with Gasteiger partial charge in [0.15, 0.2) is 0 Å². The molecule has 0 saturated carbocycles. The van der Waals surface area contributed by atoms with Gasteiger partial charge >= 0.3 is 0 Å². The van der Waals surface area contributed by atoms with Crippen molar-refractivity contribution in [3.63, 3.8) is 0 Å². The third kappa shape index (κ3) is 4.04. The van der Waals surface area contributed by atoms with E-state index >= 15 is 0 Å². The minimum atomic E-state index is -0.0818. The maximum Gasteiger partial charge on any atom is 0.228 e. The van der Waals surface area contributed by atoms with Gasteiger partial charge in [0.1, 0.15) is 5.15 Å². The molecule has 0 fully saturated rings. The van der Waals surface area contributed by atoms with Crippen molar-refractivity contribution in [2.45, 2.75) is 13.3 Å². The quantitative estimate of drug-likeness (QED) is 0.859. The molecular formula is C14H12BrClN2O. The standard InChI is InChI=1S/C14H12BrClN2O/c1-9-3-2-4-10(5-9)6-13(19)18-11-7-12(15)14(16)17-8-11/h2-5,7-8H,6H2,1H3,(H,18,19). The molecule has 2 rings (SSSR count). The summed E-state index contributed by atoms with van der Waals surface area (Å²) in [4.78, 5) is 15.9. The zero-order valence-corrected chi connectivity index (χ0v) is 12.6. The number of hydrogen-bond acceptors (Lipinski definition) is 2. The summed E-state index contributed by atoms with van der Waals surface area (Å²) in [5.74, 6) is -0.0818. The van der Waals surface area contributed by atoms with E-state index in [-0.39, 0.29) is 5.91 Å². The summed E-state index contributed by atoms with van der Waals surface area (Å²) in [7, 11) is 0. The summed E-state index contributed by atoms with van der Waals surface area (Å²) in [6, 6.07) is 9.60. The molecule has 1 amide bonds. The van der Waals surface area contributed by atoms with Gasteiger partial charge in [-0.1, -0.05) is 41.4 Å². The second kappa shape index (κ2) is 6.17. The van der Waals surface area contributed by atoms with Gasteiger partial charge in [0.25, 0.3) is 0 Å². The number of aromatic nitrogens is 1. The van der Waals surface area contributed by atoms with Crippen LogP contribution in [0.3, 0.4) is 0 Å². The average Bonchev–Trinajstić information content (AvgIpc) is 2.34. The van der Waals surface area contributed by atoms with E-state index in [2.05, 4.69) is 26.2 Å². The molecule has 2 aromatic rings. The number of nitrogens with one attached hydrogen (secondary N) is 1. The van der Waals surface area contributed by atoms with E-state index < -0.39 is 0 Å². The van der Waals surface area contributed by atoms with E-state index in [1.807, 2.05) is 31.2 Å². The average molecular weight is 340 g/mol. The van der Waals surface area contributed by atoms with Gasteiger partial charge in [0.2, 0.25) is 5.91 Å². The minimum Gasteiger partial charge on any atom is -0.324 e. The number of carbonyl (C=O) groups is 1. The van der Waals surface area contributed by atoms with E-state index in [9.17, 15) is 4.79 Å². The molecule has 1 heterocycles. The Morgan fingerprint density at radius 1 is 1.42 bits per heavy atom. The van der Waals surface area contributed by atoms with Crippen LogP contribution in [0.1, 0.15) is 11.1 Å². The van der Waals surface area contributed by atoms with Crippen molar-refractivity contribution in [3.05, 3.63) is 57.3 Å². The summed E-state index contributed by atoms with van der Waals surface area (Å²) in [6.45, 7) is 2.00. The molecule has 0 aliphatic carbocycles. The summed E-state index contributed by atoms with van der Waals surface area (Å²) in [5, 5.41) is 3.16. The molecule has 0 bridgehead atoms. The number of carbonyl (C=O) groups excluding carboxylic acids is 1. The number of halogens is 2. The molecule has 1 aromatic heterocycles. The molecule has 19 heavy (non-hydrogen) atoms. The second-order valence-electron chi connectivity index (χ2n) is 4.21. The lowest BCUT2D eigenvalue weighted by atomic mass is 10.1. The highest BCUT2D eigenvalue weighted by molar-refractivity contribution is 9.10. The molecule has 3 nitrogen and oxygen atoms in total. The number of amides is 1. The van der Waals surface area contributed by atoms with Crippen molar-refractivity contribution in [1.82, 2.24) is 4.98 Å². The SMILES string of the molecule is Cc1cccc(CC(=O)Nc2cnc(Cl)c(Br)c2)c1. The number of anilines is 1. The maximum absolute atomic E-state index is 11.9. The molecule has 0 atom stereocenters. The number of pyridine rings is 1. The van der Waals surface area contributed by atoms with Crippen LogP contribution < -0.4 is 5.32 Å². The van der Waals surface area contributed by atoms with Crippen molar-refractivity contribution < 1.29 is 4.79 Å². The summed E-state index contributed by atoms with van der Waals surface area (Å²) >= 11 is 9.06. The van der Waals surface area contributed by atoms with E-state index in [0.29, 0.717) is 21.7 Å². The third-order valence-electron chi connectivity index (χ3n) is 2.53. The van der Waals surface area contributed by atoms with E-state index in [1.54, 1.807) is 6.07 Å². The Kier molecular flexibility index (Phi) is 4.56. The smallest absolute Gasteiger partial charge is 0.228 e. The highest BCUT2D eigenvalue weighted by atomic mass is 79.9. The van der Waals surface area contributed by atoms with Gasteiger partial charge in [0, 0.05) is 0 Å². The summed E-state index contributed by atoms with van der Waals surface area (Å²) in [5.41, 5.74) is 2.74. The molecule has 1 N–H and O–H groups in total. The first-order valence-electron chi connectivity index (χ1n) is 5.71. The highest BCUT2D eigenvalue weighted by Crippen LogP contribution is 2.22. The number of aryl methyl sites for hydroxylation is 1. The lowest BCUT2D eigenvalue weighted by molar-refractivity contribution is -0.115. The van der Waals surface area contributed by atoms with Crippen molar-refractivity contribution in [3.8, 4) is 0 Å². The Balaban J connectivity index is 2.03. The van der Waals surface area contributed by atoms with Gasteiger partial charge in [-0.2, -0.15) is 0 Å². The van der Waals surface area contributed by atoms with Crippen LogP contribution >= 0.6 is 27.5 Å². The number of rotatable bonds is 3. The Morgan fingerprint density at radius 2 is 2.21 bits per heavy atom. The normalized spacial score (nSPS) is 10.3. The monoisotopic (exact) mass is 338 g/mol. The molecule has 0 radical (unpaired) electrons. The first kappa shape index (κ1) is 14.0. The second-order valence-corrected chi connectivity index (χ2v) is 5.42. The lowest BCUT2D eigenvalue weighted by Gasteiger charge is -2.06. The van der Waals surface area contributed by atoms with E-state index in [4.69, 9.17) is 11.6 Å². The van der Waals surface area contributed by atoms with Crippen molar-refractivity contribution in [2.75, 3.05) is 5.32 Å². The molecule has 0 aliphatic heterocycles. The minimum absolute atomic E-state index is 0.0818. The van der Waals surface area contributed by atoms with Crippen LogP contribution in [-0.2, 0) is 11.2 Å². The maximum atomic E-state index is 11.9. The van der Waals surface area contributed by atoms with Gasteiger partial charge in [-0.05, 0) is 34.5 Å². The Hall–Kier alpha value is -1.39. The Morgan fingerprint density at radius 3 is 2.89 bits per heavy atom. The molecular weight excluding hydrogens is 328 g/mol. The first-order valence-corrected chi connectivity index (χ1v) is 6.88. The molecule has 0 unspecified atom stereocenters. The van der Waals surface area contributed by atoms with Crippen LogP contribution in [0.15, 0.2) is 41.0 Å². The summed E-state index contributed by atoms with van der Waals surface area (Å²) < 4.78 is 0.655. The van der Waals surface area contributed by atoms with Gasteiger partial charge < -0.3 is 5.32 Å². The zero-order valence-electron chi connectivity index (χ0n) is 10.3. The van der Waals surface area contributed by atoms with Crippen LogP contribution in [0.4, 0.5) is 5.69 Å². The topological polar surface area (TPSA) is 42.0 Å². The molecule has 1 aromatic carbocycles. The fourth-order valence-corrected chi connectivity index (χ4v) is 2.15. The van der Waals surface area contributed by atoms with E-state index in [0.717, 1.165) is 11.1 Å². The predicted molar refractivity (Wildman–Crippen MR) is 80.5 cm³/mol. The van der Waals surface area contributed by atoms with Crippen LogP contribution in [0.25, 0.3) is 0 Å². The Bertz CT molecular complexity index is 616. The van der Waals surface area contributed by atoms with Gasteiger partial charge in [0.05, 0.1) is 22.8 Å². The molecule has 5 heteroatoms. The number of hydrogen-bond donors (Lipinski definition) is 1. The summed E-state index contributed by atoms with van der Waals surface area (Å²) in [6.07, 6.45) is 1.86. The fraction of sp³-hybridized carbons (Fsp3) is 0.143. The molecule has 98 valence electrons. The zero-order chi connectivity index (χ0) is 13.8. The largest absolute Gasteiger partial charge is 0.324 e. The Labute approximate surface area is 125 Å². The van der Waals surface area contributed by atoms with Gasteiger partial charge in [-0.25, -0.2) is 4.98 Å². The van der Waals surface area contributed by atoms with Crippen LogP contribution in [0, 0.1) is 6.92 Å². The number of nitrogens with zero attached hydrogens (tertiary/aromatic N) is 1. The molecule has 0 spiro atoms. The predicted octanol–water partition coefficient (Wildman–Crippen LogP) is 3.99. The van der Waals surface area contributed by atoms with Crippen molar-refractivity contribution in [2.24, 2.45) is 0 Å².